The molecule has 1 heterocycles. The van der Waals surface area contributed by atoms with Gasteiger partial charge in [0.05, 0.1) is 18.2 Å². The molecule has 0 saturated carbocycles. The molecule has 17 heavy (non-hydrogen) atoms. The molecule has 0 spiro atoms. The van der Waals surface area contributed by atoms with Crippen LogP contribution >= 0.6 is 0 Å². The molecule has 1 aromatic carbocycles. The van der Waals surface area contributed by atoms with E-state index in [0.29, 0.717) is 12.2 Å². The molecule has 0 amide bonds. The molecule has 0 unspecified atom stereocenters. The highest BCUT2D eigenvalue weighted by atomic mass is 16.5. The van der Waals surface area contributed by atoms with Crippen LogP contribution in [0.3, 0.4) is 0 Å². The fourth-order valence-corrected chi connectivity index (χ4v) is 1.46. The van der Waals surface area contributed by atoms with Gasteiger partial charge in [-0.3, -0.25) is 4.98 Å². The van der Waals surface area contributed by atoms with E-state index in [0.717, 1.165) is 12.2 Å². The molecule has 0 N–H and O–H groups in total. The van der Waals surface area contributed by atoms with Gasteiger partial charge in [-0.15, -0.1) is 0 Å². The molecular weight excluding hydrogens is 212 g/mol. The van der Waals surface area contributed by atoms with Gasteiger partial charge in [0, 0.05) is 18.8 Å². The number of ether oxygens (including phenoxy) is 1. The quantitative estimate of drug-likeness (QED) is 0.801. The lowest BCUT2D eigenvalue weighted by molar-refractivity contribution is 0.322. The number of nitrogens with zero attached hydrogens (tertiary/aromatic N) is 2. The predicted molar refractivity (Wildman–Crippen MR) is 64.6 cm³/mol. The summed E-state index contributed by atoms with van der Waals surface area (Å²) in [5, 5.41) is 8.66. The summed E-state index contributed by atoms with van der Waals surface area (Å²) in [6, 6.07) is 13.1. The normalized spacial score (nSPS) is 9.59. The van der Waals surface area contributed by atoms with Crippen molar-refractivity contribution >= 4 is 0 Å². The molecule has 0 aliphatic rings. The SMILES string of the molecule is N#Cc1ccc(OCCc2ccncc2)cc1. The van der Waals surface area contributed by atoms with Crippen molar-refractivity contribution in [3.8, 4) is 11.8 Å². The molecule has 0 radical (unpaired) electrons. The summed E-state index contributed by atoms with van der Waals surface area (Å²) in [7, 11) is 0. The Balaban J connectivity index is 1.84. The Labute approximate surface area is 100 Å². The molecule has 0 bridgehead atoms. The number of benzene rings is 1. The van der Waals surface area contributed by atoms with Gasteiger partial charge in [-0.05, 0) is 42.0 Å². The Morgan fingerprint density at radius 2 is 1.76 bits per heavy atom. The van der Waals surface area contributed by atoms with Crippen molar-refractivity contribution in [3.05, 3.63) is 59.9 Å². The van der Waals surface area contributed by atoms with E-state index in [-0.39, 0.29) is 0 Å². The maximum atomic E-state index is 8.66. The Morgan fingerprint density at radius 3 is 2.41 bits per heavy atom. The Bertz CT molecular complexity index is 500. The van der Waals surface area contributed by atoms with E-state index in [2.05, 4.69) is 11.1 Å². The van der Waals surface area contributed by atoms with Crippen LogP contribution in [0.2, 0.25) is 0 Å². The number of aromatic nitrogens is 1. The third-order valence-corrected chi connectivity index (χ3v) is 2.39. The van der Waals surface area contributed by atoms with Gasteiger partial charge in [-0.1, -0.05) is 0 Å². The van der Waals surface area contributed by atoms with Gasteiger partial charge in [-0.25, -0.2) is 0 Å². The molecule has 2 rings (SSSR count). The highest BCUT2D eigenvalue weighted by Crippen LogP contribution is 2.11. The zero-order valence-electron chi connectivity index (χ0n) is 9.34. The molecule has 0 atom stereocenters. The first-order valence-electron chi connectivity index (χ1n) is 5.40. The molecule has 3 heteroatoms. The highest BCUT2D eigenvalue weighted by Gasteiger charge is 1.96. The number of rotatable bonds is 4. The molecule has 0 fully saturated rings. The van der Waals surface area contributed by atoms with Gasteiger partial charge in [0.1, 0.15) is 5.75 Å². The van der Waals surface area contributed by atoms with Crippen LogP contribution in [0.15, 0.2) is 48.8 Å². The van der Waals surface area contributed by atoms with Crippen LogP contribution in [-0.2, 0) is 6.42 Å². The van der Waals surface area contributed by atoms with Crippen molar-refractivity contribution in [1.82, 2.24) is 4.98 Å². The largest absolute Gasteiger partial charge is 0.493 e. The molecule has 0 aliphatic carbocycles. The number of hydrogen-bond acceptors (Lipinski definition) is 3. The molecule has 84 valence electrons. The fraction of sp³-hybridized carbons (Fsp3) is 0.143. The van der Waals surface area contributed by atoms with Crippen LogP contribution < -0.4 is 4.74 Å². The summed E-state index contributed by atoms with van der Waals surface area (Å²) in [6.45, 7) is 0.621. The van der Waals surface area contributed by atoms with Crippen LogP contribution in [0.5, 0.6) is 5.75 Å². The van der Waals surface area contributed by atoms with Gasteiger partial charge in [0.2, 0.25) is 0 Å². The van der Waals surface area contributed by atoms with Gasteiger partial charge in [0.25, 0.3) is 0 Å². The minimum absolute atomic E-state index is 0.621. The first kappa shape index (κ1) is 11.2. The van der Waals surface area contributed by atoms with E-state index in [1.54, 1.807) is 24.5 Å². The van der Waals surface area contributed by atoms with Gasteiger partial charge in [-0.2, -0.15) is 5.26 Å². The maximum absolute atomic E-state index is 8.66. The zero-order valence-corrected chi connectivity index (χ0v) is 9.34. The molecule has 0 saturated heterocycles. The minimum atomic E-state index is 0.621. The number of nitriles is 1. The van der Waals surface area contributed by atoms with E-state index in [1.807, 2.05) is 24.3 Å². The van der Waals surface area contributed by atoms with Crippen molar-refractivity contribution in [1.29, 1.82) is 5.26 Å². The minimum Gasteiger partial charge on any atom is -0.493 e. The average Bonchev–Trinajstić information content (AvgIpc) is 2.41. The summed E-state index contributed by atoms with van der Waals surface area (Å²) >= 11 is 0. The van der Waals surface area contributed by atoms with Crippen LogP contribution in [0.25, 0.3) is 0 Å². The maximum Gasteiger partial charge on any atom is 0.119 e. The lowest BCUT2D eigenvalue weighted by Crippen LogP contribution is -2.01. The summed E-state index contributed by atoms with van der Waals surface area (Å²) < 4.78 is 5.58. The smallest absolute Gasteiger partial charge is 0.119 e. The second-order valence-corrected chi connectivity index (χ2v) is 3.59. The van der Waals surface area contributed by atoms with Gasteiger partial charge < -0.3 is 4.74 Å². The van der Waals surface area contributed by atoms with E-state index >= 15 is 0 Å². The van der Waals surface area contributed by atoms with E-state index in [9.17, 15) is 0 Å². The van der Waals surface area contributed by atoms with E-state index < -0.39 is 0 Å². The number of pyridine rings is 1. The van der Waals surface area contributed by atoms with Crippen molar-refractivity contribution in [2.75, 3.05) is 6.61 Å². The Hall–Kier alpha value is -2.34. The van der Waals surface area contributed by atoms with E-state index in [4.69, 9.17) is 10.00 Å². The standard InChI is InChI=1S/C14H12N2O/c15-11-13-1-3-14(4-2-13)17-10-7-12-5-8-16-9-6-12/h1-6,8-9H,7,10H2. The highest BCUT2D eigenvalue weighted by molar-refractivity contribution is 5.34. The summed E-state index contributed by atoms with van der Waals surface area (Å²) in [5.41, 5.74) is 1.85. The second kappa shape index (κ2) is 5.66. The summed E-state index contributed by atoms with van der Waals surface area (Å²) in [5.74, 6) is 0.790. The van der Waals surface area contributed by atoms with Crippen molar-refractivity contribution in [2.24, 2.45) is 0 Å². The van der Waals surface area contributed by atoms with Crippen LogP contribution in [0.1, 0.15) is 11.1 Å². The molecule has 0 aliphatic heterocycles. The van der Waals surface area contributed by atoms with Crippen LogP contribution in [-0.4, -0.2) is 11.6 Å². The summed E-state index contributed by atoms with van der Waals surface area (Å²) in [4.78, 5) is 3.96. The molecule has 1 aromatic heterocycles. The molecule has 2 aromatic rings. The lowest BCUT2D eigenvalue weighted by atomic mass is 10.2. The van der Waals surface area contributed by atoms with Crippen LogP contribution in [0, 0.1) is 11.3 Å². The van der Waals surface area contributed by atoms with E-state index in [1.165, 1.54) is 5.56 Å². The summed E-state index contributed by atoms with van der Waals surface area (Å²) in [6.07, 6.45) is 4.40. The Kier molecular flexibility index (Phi) is 3.72. The molecular formula is C14H12N2O. The predicted octanol–water partition coefficient (Wildman–Crippen LogP) is 2.57. The Morgan fingerprint density at radius 1 is 1.06 bits per heavy atom. The molecule has 3 nitrogen and oxygen atoms in total. The second-order valence-electron chi connectivity index (χ2n) is 3.59. The topological polar surface area (TPSA) is 45.9 Å². The van der Waals surface area contributed by atoms with Gasteiger partial charge >= 0.3 is 0 Å². The third-order valence-electron chi connectivity index (χ3n) is 2.39. The third kappa shape index (κ3) is 3.32. The van der Waals surface area contributed by atoms with Crippen molar-refractivity contribution in [2.45, 2.75) is 6.42 Å². The lowest BCUT2D eigenvalue weighted by Gasteiger charge is -2.05. The number of hydrogen-bond donors (Lipinski definition) is 0. The van der Waals surface area contributed by atoms with Crippen molar-refractivity contribution in [3.63, 3.8) is 0 Å². The zero-order chi connectivity index (χ0) is 11.9. The van der Waals surface area contributed by atoms with Gasteiger partial charge in [0.15, 0.2) is 0 Å². The van der Waals surface area contributed by atoms with Crippen molar-refractivity contribution < 1.29 is 4.74 Å². The average molecular weight is 224 g/mol. The monoisotopic (exact) mass is 224 g/mol. The van der Waals surface area contributed by atoms with Crippen LogP contribution in [0.4, 0.5) is 0 Å². The first-order chi connectivity index (χ1) is 8.38. The first-order valence-corrected chi connectivity index (χ1v) is 5.40. The fourth-order valence-electron chi connectivity index (χ4n) is 1.46.